The van der Waals surface area contributed by atoms with E-state index in [-0.39, 0.29) is 17.0 Å². The summed E-state index contributed by atoms with van der Waals surface area (Å²) in [4.78, 5) is 21.9. The molecule has 2 aromatic rings. The van der Waals surface area contributed by atoms with Crippen molar-refractivity contribution < 1.29 is 9.72 Å². The molecule has 102 valence electrons. The molecule has 1 aromatic carbocycles. The number of hydrogen-bond acceptors (Lipinski definition) is 4. The van der Waals surface area contributed by atoms with Crippen LogP contribution in [0.3, 0.4) is 0 Å². The van der Waals surface area contributed by atoms with Crippen molar-refractivity contribution >= 4 is 11.5 Å². The van der Waals surface area contributed by atoms with Gasteiger partial charge in [-0.3, -0.25) is 14.9 Å². The Bertz CT molecular complexity index is 701. The van der Waals surface area contributed by atoms with Crippen LogP contribution < -0.4 is 0 Å². The molecule has 1 aliphatic carbocycles. The molecule has 0 radical (unpaired) electrons. The first-order chi connectivity index (χ1) is 9.56. The number of Topliss-reactive ketones (excluding diaryl/α,β-unsaturated/α-hetero) is 1. The minimum atomic E-state index is -0.536. The average molecular weight is 271 g/mol. The van der Waals surface area contributed by atoms with E-state index < -0.39 is 4.92 Å². The molecule has 1 aliphatic rings. The zero-order valence-corrected chi connectivity index (χ0v) is 10.9. The van der Waals surface area contributed by atoms with Crippen LogP contribution in [0.15, 0.2) is 30.5 Å². The fourth-order valence-electron chi connectivity index (χ4n) is 2.19. The number of carbonyl (C=O) groups is 1. The molecule has 0 unspecified atom stereocenters. The van der Waals surface area contributed by atoms with E-state index in [2.05, 4.69) is 5.10 Å². The molecular weight excluding hydrogens is 258 g/mol. The van der Waals surface area contributed by atoms with Gasteiger partial charge >= 0.3 is 0 Å². The van der Waals surface area contributed by atoms with Gasteiger partial charge in [-0.15, -0.1) is 0 Å². The van der Waals surface area contributed by atoms with Gasteiger partial charge in [0.1, 0.15) is 0 Å². The van der Waals surface area contributed by atoms with Crippen molar-refractivity contribution in [2.45, 2.75) is 25.7 Å². The van der Waals surface area contributed by atoms with Gasteiger partial charge in [0.25, 0.3) is 5.69 Å². The van der Waals surface area contributed by atoms with Gasteiger partial charge in [0, 0.05) is 18.2 Å². The SMILES string of the molecule is CC(=O)c1ccc(-n2ccc(C3CC3)n2)cc1[N+](=O)[O-]. The van der Waals surface area contributed by atoms with Crippen LogP contribution >= 0.6 is 0 Å². The second kappa shape index (κ2) is 4.56. The van der Waals surface area contributed by atoms with E-state index in [0.29, 0.717) is 11.6 Å². The van der Waals surface area contributed by atoms with Crippen LogP contribution in [0.2, 0.25) is 0 Å². The summed E-state index contributed by atoms with van der Waals surface area (Å²) in [6.07, 6.45) is 4.10. The van der Waals surface area contributed by atoms with Gasteiger partial charge in [-0.05, 0) is 38.0 Å². The van der Waals surface area contributed by atoms with Gasteiger partial charge in [-0.1, -0.05) is 0 Å². The Hall–Kier alpha value is -2.50. The minimum Gasteiger partial charge on any atom is -0.294 e. The molecule has 0 N–H and O–H groups in total. The first-order valence-corrected chi connectivity index (χ1v) is 6.41. The molecule has 0 aliphatic heterocycles. The largest absolute Gasteiger partial charge is 0.294 e. The minimum absolute atomic E-state index is 0.119. The lowest BCUT2D eigenvalue weighted by molar-refractivity contribution is -0.385. The molecule has 0 saturated heterocycles. The Labute approximate surface area is 115 Å². The normalized spacial score (nSPS) is 14.2. The summed E-state index contributed by atoms with van der Waals surface area (Å²) in [5.41, 5.74) is 1.55. The van der Waals surface area contributed by atoms with E-state index in [0.717, 1.165) is 18.5 Å². The van der Waals surface area contributed by atoms with Crippen LogP contribution in [-0.2, 0) is 0 Å². The van der Waals surface area contributed by atoms with Crippen molar-refractivity contribution in [3.63, 3.8) is 0 Å². The number of benzene rings is 1. The van der Waals surface area contributed by atoms with Gasteiger partial charge in [0.05, 0.1) is 21.9 Å². The zero-order chi connectivity index (χ0) is 14.3. The van der Waals surface area contributed by atoms with Gasteiger partial charge in [-0.25, -0.2) is 4.68 Å². The molecule has 1 fully saturated rings. The van der Waals surface area contributed by atoms with Gasteiger partial charge in [0.15, 0.2) is 5.78 Å². The molecular formula is C14H13N3O3. The van der Waals surface area contributed by atoms with Crippen LogP contribution in [0.5, 0.6) is 0 Å². The van der Waals surface area contributed by atoms with Crippen molar-refractivity contribution in [3.05, 3.63) is 51.8 Å². The van der Waals surface area contributed by atoms with E-state index in [1.807, 2.05) is 6.07 Å². The third kappa shape index (κ3) is 2.20. The molecule has 0 atom stereocenters. The van der Waals surface area contributed by atoms with E-state index in [4.69, 9.17) is 0 Å². The molecule has 0 spiro atoms. The highest BCUT2D eigenvalue weighted by Crippen LogP contribution is 2.39. The molecule has 0 amide bonds. The molecule has 20 heavy (non-hydrogen) atoms. The Morgan fingerprint density at radius 3 is 2.75 bits per heavy atom. The van der Waals surface area contributed by atoms with Crippen LogP contribution in [-0.4, -0.2) is 20.5 Å². The van der Waals surface area contributed by atoms with E-state index in [1.54, 1.807) is 16.9 Å². The zero-order valence-electron chi connectivity index (χ0n) is 10.9. The number of aromatic nitrogens is 2. The number of hydrogen-bond donors (Lipinski definition) is 0. The quantitative estimate of drug-likeness (QED) is 0.486. The van der Waals surface area contributed by atoms with Gasteiger partial charge < -0.3 is 0 Å². The standard InChI is InChI=1S/C14H13N3O3/c1-9(18)12-5-4-11(8-14(12)17(19)20)16-7-6-13(15-16)10-2-3-10/h4-8,10H,2-3H2,1H3. The second-order valence-electron chi connectivity index (χ2n) is 4.97. The highest BCUT2D eigenvalue weighted by Gasteiger charge is 2.26. The smallest absolute Gasteiger partial charge is 0.282 e. The molecule has 6 nitrogen and oxygen atoms in total. The predicted octanol–water partition coefficient (Wildman–Crippen LogP) is 2.86. The summed E-state index contributed by atoms with van der Waals surface area (Å²) in [6.45, 7) is 1.32. The number of carbonyl (C=O) groups excluding carboxylic acids is 1. The predicted molar refractivity (Wildman–Crippen MR) is 72.2 cm³/mol. The Kier molecular flexibility index (Phi) is 2.85. The Morgan fingerprint density at radius 1 is 1.40 bits per heavy atom. The summed E-state index contributed by atoms with van der Waals surface area (Å²) in [7, 11) is 0. The van der Waals surface area contributed by atoms with E-state index >= 15 is 0 Å². The fourth-order valence-corrected chi connectivity index (χ4v) is 2.19. The van der Waals surface area contributed by atoms with Gasteiger partial charge in [-0.2, -0.15) is 5.10 Å². The molecule has 1 saturated carbocycles. The van der Waals surface area contributed by atoms with Crippen molar-refractivity contribution in [2.24, 2.45) is 0 Å². The van der Waals surface area contributed by atoms with Crippen LogP contribution in [0.25, 0.3) is 5.69 Å². The molecule has 6 heteroatoms. The van der Waals surface area contributed by atoms with E-state index in [9.17, 15) is 14.9 Å². The van der Waals surface area contributed by atoms with Crippen LogP contribution in [0.1, 0.15) is 41.7 Å². The summed E-state index contributed by atoms with van der Waals surface area (Å²) >= 11 is 0. The van der Waals surface area contributed by atoms with Crippen molar-refractivity contribution in [3.8, 4) is 5.69 Å². The maximum absolute atomic E-state index is 11.4. The first kappa shape index (κ1) is 12.5. The number of nitro benzene ring substituents is 1. The monoisotopic (exact) mass is 271 g/mol. The lowest BCUT2D eigenvalue weighted by atomic mass is 10.1. The topological polar surface area (TPSA) is 78.0 Å². The Balaban J connectivity index is 2.02. The van der Waals surface area contributed by atoms with Crippen molar-refractivity contribution in [1.29, 1.82) is 0 Å². The first-order valence-electron chi connectivity index (χ1n) is 6.41. The number of ketones is 1. The Morgan fingerprint density at radius 2 is 2.15 bits per heavy atom. The molecule has 1 aromatic heterocycles. The maximum Gasteiger partial charge on any atom is 0.282 e. The molecule has 1 heterocycles. The van der Waals surface area contributed by atoms with Crippen LogP contribution in [0.4, 0.5) is 5.69 Å². The summed E-state index contributed by atoms with van der Waals surface area (Å²) < 4.78 is 1.62. The summed E-state index contributed by atoms with van der Waals surface area (Å²) in [5, 5.41) is 15.5. The summed E-state index contributed by atoms with van der Waals surface area (Å²) in [6, 6.07) is 6.48. The number of nitro groups is 1. The molecule has 0 bridgehead atoms. The lowest BCUT2D eigenvalue weighted by Crippen LogP contribution is -2.03. The third-order valence-corrected chi connectivity index (χ3v) is 3.43. The summed E-state index contributed by atoms with van der Waals surface area (Å²) in [5.74, 6) is 0.213. The maximum atomic E-state index is 11.4. The van der Waals surface area contributed by atoms with Crippen molar-refractivity contribution in [2.75, 3.05) is 0 Å². The van der Waals surface area contributed by atoms with Crippen molar-refractivity contribution in [1.82, 2.24) is 9.78 Å². The number of nitrogens with zero attached hydrogens (tertiary/aromatic N) is 3. The number of rotatable bonds is 4. The third-order valence-electron chi connectivity index (χ3n) is 3.43. The highest BCUT2D eigenvalue weighted by molar-refractivity contribution is 5.98. The van der Waals surface area contributed by atoms with Crippen LogP contribution in [0, 0.1) is 10.1 Å². The average Bonchev–Trinajstić information content (AvgIpc) is 3.15. The highest BCUT2D eigenvalue weighted by atomic mass is 16.6. The second-order valence-corrected chi connectivity index (χ2v) is 4.97. The lowest BCUT2D eigenvalue weighted by Gasteiger charge is -2.04. The molecule has 3 rings (SSSR count). The van der Waals surface area contributed by atoms with Gasteiger partial charge in [0.2, 0.25) is 0 Å². The van der Waals surface area contributed by atoms with E-state index in [1.165, 1.54) is 19.1 Å². The fraction of sp³-hybridized carbons (Fsp3) is 0.286.